The minimum absolute atomic E-state index is 0.0593. The van der Waals surface area contributed by atoms with Crippen LogP contribution in [0.5, 0.6) is 11.5 Å². The molecular weight excluding hydrogens is 621 g/mol. The number of hydrogen-bond donors (Lipinski definition) is 4. The van der Waals surface area contributed by atoms with Crippen LogP contribution in [0.2, 0.25) is 5.02 Å². The van der Waals surface area contributed by atoms with Crippen molar-refractivity contribution < 1.29 is 28.9 Å². The van der Waals surface area contributed by atoms with E-state index in [1.807, 2.05) is 25.1 Å². The molecule has 4 N–H and O–H groups in total. The Morgan fingerprint density at radius 2 is 1.85 bits per heavy atom. The van der Waals surface area contributed by atoms with E-state index in [-0.39, 0.29) is 25.6 Å². The molecule has 1 unspecified atom stereocenters. The molecule has 1 aliphatic heterocycles. The van der Waals surface area contributed by atoms with Crippen LogP contribution >= 0.6 is 11.6 Å². The lowest BCUT2D eigenvalue weighted by molar-refractivity contribution is -0.140. The molecule has 3 aromatic carbocycles. The number of carboxylic acids is 1. The molecule has 1 aliphatic carbocycles. The molecule has 0 spiro atoms. The Morgan fingerprint density at radius 3 is 2.60 bits per heavy atom. The Bertz CT molecular complexity index is 1510. The Hall–Kier alpha value is -3.37. The van der Waals surface area contributed by atoms with Gasteiger partial charge in [0.1, 0.15) is 23.7 Å². The summed E-state index contributed by atoms with van der Waals surface area (Å²) in [6, 6.07) is 15.6. The van der Waals surface area contributed by atoms with E-state index in [0.717, 1.165) is 61.5 Å². The van der Waals surface area contributed by atoms with Gasteiger partial charge < -0.3 is 35.2 Å². The van der Waals surface area contributed by atoms with Crippen molar-refractivity contribution in [3.63, 3.8) is 0 Å². The van der Waals surface area contributed by atoms with Crippen molar-refractivity contribution in [1.82, 2.24) is 10.2 Å². The van der Waals surface area contributed by atoms with Crippen LogP contribution < -0.4 is 20.1 Å². The van der Waals surface area contributed by atoms with Gasteiger partial charge in [-0.25, -0.2) is 4.39 Å². The second-order valence-electron chi connectivity index (χ2n) is 12.4. The van der Waals surface area contributed by atoms with Gasteiger partial charge in [-0.3, -0.25) is 4.79 Å². The Morgan fingerprint density at radius 1 is 1.09 bits per heavy atom. The van der Waals surface area contributed by atoms with Crippen LogP contribution in [-0.2, 0) is 17.8 Å². The topological polar surface area (TPSA) is 103 Å². The fraction of sp³-hybridized carbons (Fsp3) is 0.486. The summed E-state index contributed by atoms with van der Waals surface area (Å²) in [5, 5.41) is 25.8. The smallest absolute Gasteiger partial charge is 0.320 e. The summed E-state index contributed by atoms with van der Waals surface area (Å²) in [7, 11) is 0. The lowest BCUT2D eigenvalue weighted by Crippen LogP contribution is -2.37. The van der Waals surface area contributed by atoms with Gasteiger partial charge in [0.15, 0.2) is 0 Å². The first kappa shape index (κ1) is 35.0. The molecule has 2 atom stereocenters. The summed E-state index contributed by atoms with van der Waals surface area (Å²) in [6.07, 6.45) is 3.46. The van der Waals surface area contributed by atoms with Crippen molar-refractivity contribution in [1.29, 1.82) is 0 Å². The van der Waals surface area contributed by atoms with E-state index in [2.05, 4.69) is 52.8 Å². The second kappa shape index (κ2) is 16.6. The molecule has 0 saturated carbocycles. The highest BCUT2D eigenvalue weighted by Gasteiger charge is 2.27. The number of fused-ring (bicyclic) bond motifs is 1. The summed E-state index contributed by atoms with van der Waals surface area (Å²) in [5.74, 6) is 0.507. The number of anilines is 1. The first-order valence-electron chi connectivity index (χ1n) is 16.8. The molecule has 254 valence electrons. The Balaban J connectivity index is 1.28. The molecule has 0 amide bonds. The summed E-state index contributed by atoms with van der Waals surface area (Å²) in [6.45, 7) is 7.70. The average Bonchev–Trinajstić information content (AvgIpc) is 3.47. The predicted molar refractivity (Wildman–Crippen MR) is 185 cm³/mol. The molecule has 1 fully saturated rings. The number of ether oxygens (including phenoxy) is 2. The summed E-state index contributed by atoms with van der Waals surface area (Å²) < 4.78 is 25.6. The molecule has 8 nitrogen and oxygen atoms in total. The van der Waals surface area contributed by atoms with Gasteiger partial charge in [-0.05, 0) is 92.3 Å². The number of likely N-dealkylation sites (tertiary alicyclic amines) is 1. The number of piperidine rings is 1. The molecule has 10 heteroatoms. The molecule has 1 saturated heterocycles. The third-order valence-corrected chi connectivity index (χ3v) is 9.59. The Labute approximate surface area is 282 Å². The lowest BCUT2D eigenvalue weighted by Gasteiger charge is -2.28. The number of alkyl halides is 1. The van der Waals surface area contributed by atoms with Crippen molar-refractivity contribution in [2.75, 3.05) is 44.8 Å². The normalized spacial score (nSPS) is 17.3. The number of aliphatic hydroxyl groups is 1. The quantitative estimate of drug-likeness (QED) is 0.122. The maximum absolute atomic E-state index is 13.5. The van der Waals surface area contributed by atoms with Gasteiger partial charge in [-0.2, -0.15) is 0 Å². The van der Waals surface area contributed by atoms with Crippen molar-refractivity contribution in [2.45, 2.75) is 77.2 Å². The average molecular weight is 668 g/mol. The van der Waals surface area contributed by atoms with Crippen LogP contribution in [0.3, 0.4) is 0 Å². The van der Waals surface area contributed by atoms with Crippen LogP contribution in [-0.4, -0.2) is 72.8 Å². The number of benzene rings is 3. The number of aliphatic hydroxyl groups excluding tert-OH is 1. The van der Waals surface area contributed by atoms with Gasteiger partial charge in [0.25, 0.3) is 0 Å². The highest BCUT2D eigenvalue weighted by Crippen LogP contribution is 2.43. The standard InChI is InChI=1S/C37H47ClFN3O5/c1-3-46-36-22-34(31(38)21-25(36)23-40-33(15-19-43)37(44)45)41-32-12-11-29-28(8-4-9-30(29)32)27-7-5-10-35(24(27)2)47-20-6-16-42-17-13-26(39)14-18-42/h4-5,7-10,21-22,26,32-33,40-41,43H,3,6,11-20,23H2,1-2H3,(H,44,45)/t32?,33-/m0/s1. The minimum atomic E-state index is -1.02. The molecule has 0 radical (unpaired) electrons. The van der Waals surface area contributed by atoms with Crippen LogP contribution in [0.25, 0.3) is 11.1 Å². The van der Waals surface area contributed by atoms with Crippen LogP contribution in [0.15, 0.2) is 48.5 Å². The van der Waals surface area contributed by atoms with Gasteiger partial charge >= 0.3 is 5.97 Å². The SMILES string of the molecule is CCOc1cc(NC2CCc3c(-c4cccc(OCCCN5CCC(F)CC5)c4C)cccc32)c(Cl)cc1CN[C@@H](CCO)C(=O)O. The number of rotatable bonds is 16. The minimum Gasteiger partial charge on any atom is -0.493 e. The molecule has 0 bridgehead atoms. The monoisotopic (exact) mass is 667 g/mol. The van der Waals surface area contributed by atoms with E-state index in [1.54, 1.807) is 0 Å². The molecule has 47 heavy (non-hydrogen) atoms. The molecule has 3 aromatic rings. The molecular formula is C37H47ClFN3O5. The van der Waals surface area contributed by atoms with Crippen LogP contribution in [0.1, 0.15) is 67.3 Å². The summed E-state index contributed by atoms with van der Waals surface area (Å²) >= 11 is 6.78. The lowest BCUT2D eigenvalue weighted by atomic mass is 9.93. The fourth-order valence-electron chi connectivity index (χ4n) is 6.71. The number of aliphatic carboxylic acids is 1. The third kappa shape index (κ3) is 8.76. The maximum atomic E-state index is 13.5. The number of carbonyl (C=O) groups is 1. The highest BCUT2D eigenvalue weighted by molar-refractivity contribution is 6.33. The van der Waals surface area contributed by atoms with E-state index in [1.165, 1.54) is 22.3 Å². The van der Waals surface area contributed by atoms with E-state index in [9.17, 15) is 19.4 Å². The van der Waals surface area contributed by atoms with Crippen LogP contribution in [0, 0.1) is 6.92 Å². The largest absolute Gasteiger partial charge is 0.493 e. The number of hydrogen-bond acceptors (Lipinski definition) is 7. The number of halogens is 2. The maximum Gasteiger partial charge on any atom is 0.320 e. The van der Waals surface area contributed by atoms with Gasteiger partial charge in [0, 0.05) is 44.4 Å². The predicted octanol–water partition coefficient (Wildman–Crippen LogP) is 6.94. The number of nitrogens with one attached hydrogen (secondary N) is 2. The van der Waals surface area contributed by atoms with Gasteiger partial charge in [-0.1, -0.05) is 41.9 Å². The molecule has 0 aromatic heterocycles. The van der Waals surface area contributed by atoms with E-state index in [0.29, 0.717) is 36.8 Å². The molecule has 1 heterocycles. The zero-order valence-electron chi connectivity index (χ0n) is 27.4. The summed E-state index contributed by atoms with van der Waals surface area (Å²) in [5.41, 5.74) is 7.55. The fourth-order valence-corrected chi connectivity index (χ4v) is 6.95. The van der Waals surface area contributed by atoms with Gasteiger partial charge in [-0.15, -0.1) is 0 Å². The Kier molecular flexibility index (Phi) is 12.4. The van der Waals surface area contributed by atoms with E-state index >= 15 is 0 Å². The molecule has 5 rings (SSSR count). The second-order valence-corrected chi connectivity index (χ2v) is 12.8. The van der Waals surface area contributed by atoms with Crippen molar-refractivity contribution in [2.24, 2.45) is 0 Å². The summed E-state index contributed by atoms with van der Waals surface area (Å²) in [4.78, 5) is 13.9. The third-order valence-electron chi connectivity index (χ3n) is 9.27. The first-order valence-corrected chi connectivity index (χ1v) is 17.2. The number of carboxylic acid groups (broad SMARTS) is 1. The van der Waals surface area contributed by atoms with E-state index < -0.39 is 18.2 Å². The number of nitrogens with zero attached hydrogens (tertiary/aromatic N) is 1. The van der Waals surface area contributed by atoms with Crippen molar-refractivity contribution in [3.8, 4) is 22.6 Å². The molecule has 2 aliphatic rings. The first-order chi connectivity index (χ1) is 22.8. The van der Waals surface area contributed by atoms with Gasteiger partial charge in [0.05, 0.1) is 30.0 Å². The van der Waals surface area contributed by atoms with Crippen LogP contribution in [0.4, 0.5) is 10.1 Å². The van der Waals surface area contributed by atoms with Crippen molar-refractivity contribution >= 4 is 23.3 Å². The highest BCUT2D eigenvalue weighted by atomic mass is 35.5. The zero-order chi connectivity index (χ0) is 33.3. The zero-order valence-corrected chi connectivity index (χ0v) is 28.1. The van der Waals surface area contributed by atoms with Gasteiger partial charge in [0.2, 0.25) is 0 Å². The van der Waals surface area contributed by atoms with Crippen molar-refractivity contribution in [3.05, 3.63) is 75.8 Å². The van der Waals surface area contributed by atoms with E-state index in [4.69, 9.17) is 21.1 Å².